The highest BCUT2D eigenvalue weighted by Crippen LogP contribution is 2.27. The molecule has 0 aliphatic carbocycles. The molecule has 0 atom stereocenters. The average Bonchev–Trinajstić information content (AvgIpc) is 2.23. The first-order valence-corrected chi connectivity index (χ1v) is 4.81. The fourth-order valence-electron chi connectivity index (χ4n) is 1.58. The third-order valence-electron chi connectivity index (χ3n) is 2.24. The SMILES string of the molecule is CCNc1ccc(O)c2[nH]c(=O)ccc12. The fraction of sp³-hybridized carbons (Fsp3) is 0.182. The van der Waals surface area contributed by atoms with Crippen LogP contribution in [0, 0.1) is 0 Å². The van der Waals surface area contributed by atoms with Crippen LogP contribution in [0.15, 0.2) is 29.1 Å². The lowest BCUT2D eigenvalue weighted by atomic mass is 10.1. The first kappa shape index (κ1) is 9.58. The molecule has 3 N–H and O–H groups in total. The van der Waals surface area contributed by atoms with Crippen molar-refractivity contribution in [3.8, 4) is 5.75 Å². The van der Waals surface area contributed by atoms with Crippen LogP contribution in [0.2, 0.25) is 0 Å². The Morgan fingerprint density at radius 1 is 1.33 bits per heavy atom. The zero-order valence-corrected chi connectivity index (χ0v) is 8.37. The quantitative estimate of drug-likeness (QED) is 0.652. The van der Waals surface area contributed by atoms with E-state index in [0.717, 1.165) is 17.6 Å². The third-order valence-corrected chi connectivity index (χ3v) is 2.24. The number of rotatable bonds is 2. The van der Waals surface area contributed by atoms with Crippen molar-refractivity contribution in [2.24, 2.45) is 0 Å². The molecule has 2 rings (SSSR count). The number of nitrogens with one attached hydrogen (secondary N) is 2. The maximum atomic E-state index is 11.1. The van der Waals surface area contributed by atoms with Crippen LogP contribution in [0.4, 0.5) is 5.69 Å². The zero-order chi connectivity index (χ0) is 10.8. The van der Waals surface area contributed by atoms with Crippen LogP contribution in [-0.2, 0) is 0 Å². The van der Waals surface area contributed by atoms with Crippen molar-refractivity contribution in [2.45, 2.75) is 6.92 Å². The summed E-state index contributed by atoms with van der Waals surface area (Å²) in [7, 11) is 0. The van der Waals surface area contributed by atoms with Gasteiger partial charge in [-0.25, -0.2) is 0 Å². The number of fused-ring (bicyclic) bond motifs is 1. The fourth-order valence-corrected chi connectivity index (χ4v) is 1.58. The second-order valence-corrected chi connectivity index (χ2v) is 3.27. The molecule has 0 bridgehead atoms. The number of H-pyrrole nitrogens is 1. The largest absolute Gasteiger partial charge is 0.506 e. The predicted molar refractivity (Wildman–Crippen MR) is 60.4 cm³/mol. The van der Waals surface area contributed by atoms with Crippen LogP contribution < -0.4 is 10.9 Å². The number of hydrogen-bond donors (Lipinski definition) is 3. The van der Waals surface area contributed by atoms with Gasteiger partial charge < -0.3 is 15.4 Å². The minimum Gasteiger partial charge on any atom is -0.506 e. The van der Waals surface area contributed by atoms with Crippen LogP contribution in [0.25, 0.3) is 10.9 Å². The van der Waals surface area contributed by atoms with E-state index in [1.807, 2.05) is 6.92 Å². The van der Waals surface area contributed by atoms with E-state index in [-0.39, 0.29) is 11.3 Å². The lowest BCUT2D eigenvalue weighted by Crippen LogP contribution is -2.04. The highest BCUT2D eigenvalue weighted by molar-refractivity contribution is 5.94. The molecule has 1 aromatic heterocycles. The summed E-state index contributed by atoms with van der Waals surface area (Å²) in [5.41, 5.74) is 1.16. The molecule has 0 fully saturated rings. The Hall–Kier alpha value is -1.97. The van der Waals surface area contributed by atoms with Gasteiger partial charge in [-0.1, -0.05) is 0 Å². The van der Waals surface area contributed by atoms with Gasteiger partial charge in [-0.3, -0.25) is 4.79 Å². The van der Waals surface area contributed by atoms with E-state index in [1.54, 1.807) is 18.2 Å². The molecule has 0 spiro atoms. The van der Waals surface area contributed by atoms with E-state index < -0.39 is 0 Å². The van der Waals surface area contributed by atoms with E-state index in [2.05, 4.69) is 10.3 Å². The Bertz CT molecular complexity index is 546. The van der Waals surface area contributed by atoms with Crippen molar-refractivity contribution in [2.75, 3.05) is 11.9 Å². The zero-order valence-electron chi connectivity index (χ0n) is 8.37. The molecular formula is C11H12N2O2. The minimum absolute atomic E-state index is 0.0874. The number of anilines is 1. The van der Waals surface area contributed by atoms with Gasteiger partial charge in [0, 0.05) is 23.7 Å². The number of aromatic nitrogens is 1. The van der Waals surface area contributed by atoms with E-state index in [9.17, 15) is 9.90 Å². The number of aromatic hydroxyl groups is 1. The molecule has 1 aromatic carbocycles. The molecule has 0 unspecified atom stereocenters. The van der Waals surface area contributed by atoms with Crippen molar-refractivity contribution in [1.29, 1.82) is 0 Å². The Morgan fingerprint density at radius 2 is 2.13 bits per heavy atom. The van der Waals surface area contributed by atoms with Gasteiger partial charge in [0.1, 0.15) is 5.75 Å². The van der Waals surface area contributed by atoms with Crippen LogP contribution in [0.5, 0.6) is 5.75 Å². The summed E-state index contributed by atoms with van der Waals surface area (Å²) in [6, 6.07) is 6.50. The molecular weight excluding hydrogens is 192 g/mol. The third kappa shape index (κ3) is 1.66. The van der Waals surface area contributed by atoms with Crippen molar-refractivity contribution in [3.63, 3.8) is 0 Å². The second kappa shape index (κ2) is 3.65. The average molecular weight is 204 g/mol. The maximum Gasteiger partial charge on any atom is 0.248 e. The highest BCUT2D eigenvalue weighted by atomic mass is 16.3. The number of hydrogen-bond acceptors (Lipinski definition) is 3. The predicted octanol–water partition coefficient (Wildman–Crippen LogP) is 1.67. The first-order valence-electron chi connectivity index (χ1n) is 4.81. The molecule has 4 heteroatoms. The van der Waals surface area contributed by atoms with Crippen molar-refractivity contribution in [1.82, 2.24) is 4.98 Å². The van der Waals surface area contributed by atoms with E-state index >= 15 is 0 Å². The minimum atomic E-state index is -0.216. The second-order valence-electron chi connectivity index (χ2n) is 3.27. The highest BCUT2D eigenvalue weighted by Gasteiger charge is 2.04. The smallest absolute Gasteiger partial charge is 0.248 e. The van der Waals surface area contributed by atoms with E-state index in [1.165, 1.54) is 6.07 Å². The summed E-state index contributed by atoms with van der Waals surface area (Å²) in [6.07, 6.45) is 0. The number of phenols is 1. The molecule has 0 amide bonds. The standard InChI is InChI=1S/C11H12N2O2/c1-2-12-8-4-5-9(14)11-7(8)3-6-10(15)13-11/h3-6,12,14H,2H2,1H3,(H,13,15). The lowest BCUT2D eigenvalue weighted by Gasteiger charge is -2.08. The summed E-state index contributed by atoms with van der Waals surface area (Å²) >= 11 is 0. The maximum absolute atomic E-state index is 11.1. The Kier molecular flexibility index (Phi) is 2.33. The van der Waals surface area contributed by atoms with Crippen molar-refractivity contribution in [3.05, 3.63) is 34.6 Å². The van der Waals surface area contributed by atoms with Gasteiger partial charge in [-0.05, 0) is 25.1 Å². The molecule has 2 aromatic rings. The van der Waals surface area contributed by atoms with Gasteiger partial charge in [0.05, 0.1) is 5.52 Å². The molecule has 15 heavy (non-hydrogen) atoms. The Morgan fingerprint density at radius 3 is 2.87 bits per heavy atom. The molecule has 0 radical (unpaired) electrons. The number of aromatic amines is 1. The molecule has 0 aliphatic heterocycles. The number of pyridine rings is 1. The van der Waals surface area contributed by atoms with Crippen LogP contribution in [0.1, 0.15) is 6.92 Å². The summed E-state index contributed by atoms with van der Waals surface area (Å²) in [6.45, 7) is 2.78. The molecule has 4 nitrogen and oxygen atoms in total. The molecule has 78 valence electrons. The van der Waals surface area contributed by atoms with Gasteiger partial charge >= 0.3 is 0 Å². The molecule has 1 heterocycles. The van der Waals surface area contributed by atoms with Gasteiger partial charge in [0.15, 0.2) is 0 Å². The van der Waals surface area contributed by atoms with Gasteiger partial charge in [0.2, 0.25) is 5.56 Å². The van der Waals surface area contributed by atoms with E-state index in [4.69, 9.17) is 0 Å². The molecule has 0 aliphatic rings. The van der Waals surface area contributed by atoms with Crippen LogP contribution in [0.3, 0.4) is 0 Å². The van der Waals surface area contributed by atoms with Gasteiger partial charge in [0.25, 0.3) is 0 Å². The lowest BCUT2D eigenvalue weighted by molar-refractivity contribution is 0.480. The van der Waals surface area contributed by atoms with Gasteiger partial charge in [-0.2, -0.15) is 0 Å². The number of phenolic OH excluding ortho intramolecular Hbond substituents is 1. The summed E-state index contributed by atoms with van der Waals surface area (Å²) in [5, 5.41) is 13.6. The Labute approximate surface area is 86.6 Å². The van der Waals surface area contributed by atoms with E-state index in [0.29, 0.717) is 5.52 Å². The summed E-state index contributed by atoms with van der Waals surface area (Å²) < 4.78 is 0. The summed E-state index contributed by atoms with van der Waals surface area (Å²) in [5.74, 6) is 0.0874. The van der Waals surface area contributed by atoms with Gasteiger partial charge in [-0.15, -0.1) is 0 Å². The van der Waals surface area contributed by atoms with Crippen LogP contribution >= 0.6 is 0 Å². The summed E-state index contributed by atoms with van der Waals surface area (Å²) in [4.78, 5) is 13.7. The molecule has 0 saturated carbocycles. The Balaban J connectivity index is 2.76. The molecule has 0 saturated heterocycles. The normalized spacial score (nSPS) is 10.5. The monoisotopic (exact) mass is 204 g/mol. The first-order chi connectivity index (χ1) is 7.22. The van der Waals surface area contributed by atoms with Crippen molar-refractivity contribution >= 4 is 16.6 Å². The van der Waals surface area contributed by atoms with Crippen LogP contribution in [-0.4, -0.2) is 16.6 Å². The van der Waals surface area contributed by atoms with Crippen molar-refractivity contribution < 1.29 is 5.11 Å². The topological polar surface area (TPSA) is 65.1 Å². The number of benzene rings is 1.